The van der Waals surface area contributed by atoms with E-state index in [4.69, 9.17) is 4.24 Å². The molecule has 0 fully saturated rings. The lowest BCUT2D eigenvalue weighted by molar-refractivity contribution is 1.54. The second kappa shape index (κ2) is 3.21. The molecule has 0 saturated heterocycles. The first-order chi connectivity index (χ1) is 4.57. The third-order valence-corrected chi connectivity index (χ3v) is 0.696. The van der Waals surface area contributed by atoms with Crippen molar-refractivity contribution in [3.05, 3.63) is 10.7 Å². The molecule has 0 rings (SSSR count). The summed E-state index contributed by atoms with van der Waals surface area (Å²) < 4.78 is 20.3. The molecule has 3 N–H and O–H groups in total. The molecule has 0 aliphatic heterocycles. The van der Waals surface area contributed by atoms with Crippen LogP contribution in [-0.2, 0) is 0 Å². The number of hydrogen-bond acceptors (Lipinski definition) is 2. The SMILES string of the molecule is [2H]N=C(Br)/C=C(\Br)N([2H])[2H]. The van der Waals surface area contributed by atoms with Gasteiger partial charge in [0.05, 0.1) is 9.23 Å². The van der Waals surface area contributed by atoms with E-state index < -0.39 is 0 Å². The van der Waals surface area contributed by atoms with E-state index in [1.54, 1.807) is 0 Å². The normalized spacial score (nSPS) is 20.0. The van der Waals surface area contributed by atoms with E-state index in [-0.39, 0.29) is 9.23 Å². The molecule has 0 bridgehead atoms. The Morgan fingerprint density at radius 2 is 2.71 bits per heavy atom. The van der Waals surface area contributed by atoms with Gasteiger partial charge in [-0.3, -0.25) is 5.40 Å². The summed E-state index contributed by atoms with van der Waals surface area (Å²) in [5.74, 6) is 0. The van der Waals surface area contributed by atoms with Gasteiger partial charge >= 0.3 is 0 Å². The first kappa shape index (κ1) is 3.25. The molecular weight excluding hydrogens is 224 g/mol. The quantitative estimate of drug-likeness (QED) is 0.549. The Bertz CT molecular complexity index is 167. The lowest BCUT2D eigenvalue weighted by Crippen LogP contribution is -1.88. The van der Waals surface area contributed by atoms with Crippen molar-refractivity contribution in [2.75, 3.05) is 0 Å². The van der Waals surface area contributed by atoms with Crippen molar-refractivity contribution in [2.45, 2.75) is 0 Å². The van der Waals surface area contributed by atoms with Gasteiger partial charge in [0.1, 0.15) is 0 Å². The van der Waals surface area contributed by atoms with Crippen molar-refractivity contribution in [3.63, 3.8) is 0 Å². The van der Waals surface area contributed by atoms with E-state index >= 15 is 0 Å². The molecule has 0 heterocycles. The van der Waals surface area contributed by atoms with Gasteiger partial charge in [-0.15, -0.1) is 0 Å². The maximum atomic E-state index is 6.70. The largest absolute Gasteiger partial charge is 0.393 e. The third-order valence-electron chi connectivity index (χ3n) is 0.238. The fourth-order valence-corrected chi connectivity index (χ4v) is 0.839. The van der Waals surface area contributed by atoms with Crippen LogP contribution in [0, 0.1) is 5.40 Å². The van der Waals surface area contributed by atoms with Crippen LogP contribution in [0.3, 0.4) is 0 Å². The Kier molecular flexibility index (Phi) is 1.49. The lowest BCUT2D eigenvalue weighted by atomic mass is 10.7. The number of nitrogens with one attached hydrogen (secondary N) is 1. The highest BCUT2D eigenvalue weighted by molar-refractivity contribution is 9.18. The molecule has 0 aliphatic rings. The number of hydrogen-bond donors (Lipinski definition) is 2. The highest BCUT2D eigenvalue weighted by Crippen LogP contribution is 1.96. The molecule has 0 aliphatic carbocycles. The highest BCUT2D eigenvalue weighted by Gasteiger charge is 1.80. The van der Waals surface area contributed by atoms with Gasteiger partial charge in [0.25, 0.3) is 0 Å². The van der Waals surface area contributed by atoms with Crippen molar-refractivity contribution in [1.29, 1.82) is 5.40 Å². The Labute approximate surface area is 62.9 Å². The average Bonchev–Trinajstić information content (AvgIpc) is 1.87. The van der Waals surface area contributed by atoms with Crippen molar-refractivity contribution >= 4 is 36.5 Å². The molecule has 2 nitrogen and oxygen atoms in total. The van der Waals surface area contributed by atoms with Crippen LogP contribution in [0.2, 0.25) is 4.24 Å². The van der Waals surface area contributed by atoms with Crippen LogP contribution < -0.4 is 5.72 Å². The number of allylic oxidation sites excluding steroid dienone is 1. The fraction of sp³-hybridized carbons (Fsp3) is 0. The summed E-state index contributed by atoms with van der Waals surface area (Å²) in [6, 6.07) is 0. The lowest BCUT2D eigenvalue weighted by Gasteiger charge is -1.80. The monoisotopic (exact) mass is 229 g/mol. The smallest absolute Gasteiger partial charge is 0.188 e. The van der Waals surface area contributed by atoms with E-state index in [0.717, 1.165) is 0 Å². The zero-order chi connectivity index (χ0) is 8.15. The topological polar surface area (TPSA) is 49.9 Å². The first-order valence-electron chi connectivity index (χ1n) is 2.74. The number of rotatable bonds is 2. The molecular formula is C3H4Br2N2. The average molecular weight is 231 g/mol. The minimum Gasteiger partial charge on any atom is -0.393 e. The summed E-state index contributed by atoms with van der Waals surface area (Å²) >= 11 is 5.81. The summed E-state index contributed by atoms with van der Waals surface area (Å²) in [5, 5.41) is 2.99. The summed E-state index contributed by atoms with van der Waals surface area (Å²) in [6.45, 7) is 0. The standard InChI is InChI=1S/C3H4Br2N2/c4-2(6)1-3(5)7/h1,6H,7H2/b3-1+,6-2?/i/hD3. The van der Waals surface area contributed by atoms with Crippen LogP contribution in [0.4, 0.5) is 0 Å². The maximum absolute atomic E-state index is 6.70. The van der Waals surface area contributed by atoms with E-state index in [1.807, 2.05) is 0 Å². The number of nitrogens with two attached hydrogens (primary N) is 1. The Morgan fingerprint density at radius 3 is 3.14 bits per heavy atom. The molecule has 40 valence electrons. The second-order valence-corrected chi connectivity index (χ2v) is 2.41. The molecule has 0 aromatic rings. The van der Waals surface area contributed by atoms with Gasteiger partial charge in [0.2, 0.25) is 0 Å². The van der Waals surface area contributed by atoms with Crippen LogP contribution in [0.5, 0.6) is 0 Å². The van der Waals surface area contributed by atoms with Crippen LogP contribution >= 0.6 is 31.9 Å². The molecule has 0 spiro atoms. The molecule has 0 aromatic carbocycles. The summed E-state index contributed by atoms with van der Waals surface area (Å²) in [5.41, 5.74) is 0.367. The molecule has 0 saturated carbocycles. The van der Waals surface area contributed by atoms with Crippen LogP contribution in [-0.4, -0.2) is 4.62 Å². The van der Waals surface area contributed by atoms with Gasteiger partial charge in [0.15, 0.2) is 4.24 Å². The van der Waals surface area contributed by atoms with Gasteiger partial charge in [0, 0.05) is 6.08 Å². The summed E-state index contributed by atoms with van der Waals surface area (Å²) in [7, 11) is 0. The van der Waals surface area contributed by atoms with Crippen LogP contribution in [0.25, 0.3) is 0 Å². The van der Waals surface area contributed by atoms with Gasteiger partial charge in [-0.1, -0.05) is 0 Å². The molecule has 0 unspecified atom stereocenters. The van der Waals surface area contributed by atoms with Crippen molar-refractivity contribution in [3.8, 4) is 0 Å². The zero-order valence-electron chi connectivity index (χ0n) is 6.23. The minimum absolute atomic E-state index is 0.204. The van der Waals surface area contributed by atoms with Gasteiger partial charge in [-0.2, -0.15) is 0 Å². The highest BCUT2D eigenvalue weighted by atomic mass is 79.9. The predicted molar refractivity (Wildman–Crippen MR) is 37.9 cm³/mol. The predicted octanol–water partition coefficient (Wildman–Crippen LogP) is 1.55. The Morgan fingerprint density at radius 1 is 2.00 bits per heavy atom. The van der Waals surface area contributed by atoms with Crippen LogP contribution in [0.15, 0.2) is 10.7 Å². The van der Waals surface area contributed by atoms with Gasteiger partial charge < -0.3 is 5.72 Å². The van der Waals surface area contributed by atoms with Crippen molar-refractivity contribution < 1.29 is 4.24 Å². The zero-order valence-corrected chi connectivity index (χ0v) is 6.40. The molecule has 0 radical (unpaired) electrons. The summed E-state index contributed by atoms with van der Waals surface area (Å²) in [6.07, 6.45) is 1.33. The molecule has 0 atom stereocenters. The van der Waals surface area contributed by atoms with Gasteiger partial charge in [-0.05, 0) is 31.9 Å². The maximum Gasteiger partial charge on any atom is 0.188 e. The van der Waals surface area contributed by atoms with Gasteiger partial charge in [-0.25, -0.2) is 0 Å². The first-order valence-corrected chi connectivity index (χ1v) is 2.99. The third kappa shape index (κ3) is 6.17. The van der Waals surface area contributed by atoms with E-state index in [9.17, 15) is 0 Å². The second-order valence-electron chi connectivity index (χ2n) is 0.790. The minimum atomic E-state index is 0.204. The number of halogens is 2. The van der Waals surface area contributed by atoms with Crippen molar-refractivity contribution in [2.24, 2.45) is 5.72 Å². The fourth-order valence-electron chi connectivity index (χ4n) is 0.0983. The van der Waals surface area contributed by atoms with E-state index in [1.165, 1.54) is 6.08 Å². The van der Waals surface area contributed by atoms with E-state index in [0.29, 0.717) is 5.72 Å². The Balaban J connectivity index is 4.17. The van der Waals surface area contributed by atoms with Crippen molar-refractivity contribution in [1.82, 2.24) is 0 Å². The molecule has 0 aromatic heterocycles. The molecule has 0 amide bonds. The molecule has 7 heavy (non-hydrogen) atoms. The van der Waals surface area contributed by atoms with Crippen LogP contribution in [0.1, 0.15) is 0 Å². The molecule has 4 heteroatoms. The Hall–Kier alpha value is 0.170. The van der Waals surface area contributed by atoms with E-state index in [2.05, 4.69) is 37.3 Å². The summed E-state index contributed by atoms with van der Waals surface area (Å²) in [4.78, 5) is 0.